The van der Waals surface area contributed by atoms with E-state index >= 15 is 0 Å². The van der Waals surface area contributed by atoms with Gasteiger partial charge in [0.25, 0.3) is 0 Å². The monoisotopic (exact) mass is 258 g/mol. The Kier molecular flexibility index (Phi) is 5.40. The summed E-state index contributed by atoms with van der Waals surface area (Å²) in [6.45, 7) is 5.22. The van der Waals surface area contributed by atoms with E-state index < -0.39 is 5.97 Å². The normalized spacial score (nSPS) is 21.5. The van der Waals surface area contributed by atoms with E-state index in [1.54, 1.807) is 16.8 Å². The lowest BCUT2D eigenvalue weighted by atomic mass is 10.1. The first-order valence-electron chi connectivity index (χ1n) is 6.30. The number of hydrogen-bond donors (Lipinski definition) is 1. The Bertz CT molecular complexity index is 308. The molecule has 0 radical (unpaired) electrons. The summed E-state index contributed by atoms with van der Waals surface area (Å²) >= 11 is 0. The molecule has 2 atom stereocenters. The van der Waals surface area contributed by atoms with Crippen LogP contribution in [0.3, 0.4) is 0 Å². The molecule has 1 heterocycles. The minimum Gasteiger partial charge on any atom is -0.481 e. The summed E-state index contributed by atoms with van der Waals surface area (Å²) in [5, 5.41) is 8.85. The van der Waals surface area contributed by atoms with Crippen LogP contribution >= 0.6 is 0 Å². The lowest BCUT2D eigenvalue weighted by Crippen LogP contribution is -2.54. The Hall–Kier alpha value is -1.30. The zero-order chi connectivity index (χ0) is 13.7. The van der Waals surface area contributed by atoms with Gasteiger partial charge in [0.15, 0.2) is 0 Å². The third-order valence-corrected chi connectivity index (χ3v) is 3.44. The summed E-state index contributed by atoms with van der Waals surface area (Å²) in [6.07, 6.45) is 0.802. The lowest BCUT2D eigenvalue weighted by molar-refractivity contribution is -0.139. The number of carboxylic acid groups (broad SMARTS) is 1. The number of morpholine rings is 1. The molecule has 1 N–H and O–H groups in total. The molecule has 2 unspecified atom stereocenters. The molecule has 0 aromatic rings. The highest BCUT2D eigenvalue weighted by Crippen LogP contribution is 2.14. The molecular weight excluding hydrogens is 236 g/mol. The predicted octanol–water partition coefficient (Wildman–Crippen LogP) is 1.01. The quantitative estimate of drug-likeness (QED) is 0.817. The Morgan fingerprint density at radius 2 is 2.22 bits per heavy atom. The molecule has 1 aliphatic heterocycles. The molecule has 18 heavy (non-hydrogen) atoms. The van der Waals surface area contributed by atoms with Gasteiger partial charge < -0.3 is 19.6 Å². The smallest absolute Gasteiger partial charge is 0.320 e. The summed E-state index contributed by atoms with van der Waals surface area (Å²) in [4.78, 5) is 26.4. The van der Waals surface area contributed by atoms with Crippen molar-refractivity contribution in [2.24, 2.45) is 0 Å². The van der Waals surface area contributed by atoms with Gasteiger partial charge in [0.1, 0.15) is 0 Å². The van der Waals surface area contributed by atoms with Crippen molar-refractivity contribution in [3.63, 3.8) is 0 Å². The Morgan fingerprint density at radius 3 is 2.78 bits per heavy atom. The van der Waals surface area contributed by atoms with E-state index in [2.05, 4.69) is 0 Å². The van der Waals surface area contributed by atoms with Gasteiger partial charge in [-0.15, -0.1) is 0 Å². The van der Waals surface area contributed by atoms with E-state index in [0.29, 0.717) is 19.8 Å². The van der Waals surface area contributed by atoms with Gasteiger partial charge in [0.2, 0.25) is 0 Å². The number of carboxylic acids is 1. The lowest BCUT2D eigenvalue weighted by Gasteiger charge is -2.38. The van der Waals surface area contributed by atoms with Crippen LogP contribution in [0, 0.1) is 0 Å². The standard InChI is InChI=1S/C12H22N2O4/c1-4-9(2)13(3)12(17)14-5-6-18-8-10(14)7-11(15)16/h9-10H,4-8H2,1-3H3,(H,15,16). The van der Waals surface area contributed by atoms with Crippen molar-refractivity contribution in [2.45, 2.75) is 38.8 Å². The number of carbonyl (C=O) groups excluding carboxylic acids is 1. The van der Waals surface area contributed by atoms with Gasteiger partial charge in [0, 0.05) is 19.6 Å². The highest BCUT2D eigenvalue weighted by atomic mass is 16.5. The van der Waals surface area contributed by atoms with Crippen LogP contribution in [0.1, 0.15) is 26.7 Å². The van der Waals surface area contributed by atoms with Crippen LogP contribution in [0.25, 0.3) is 0 Å². The second kappa shape index (κ2) is 6.58. The van der Waals surface area contributed by atoms with Crippen molar-refractivity contribution in [3.05, 3.63) is 0 Å². The molecule has 6 heteroatoms. The van der Waals surface area contributed by atoms with Crippen LogP contribution < -0.4 is 0 Å². The Balaban J connectivity index is 2.70. The maximum Gasteiger partial charge on any atom is 0.320 e. The molecule has 0 spiro atoms. The van der Waals surface area contributed by atoms with Crippen molar-refractivity contribution >= 4 is 12.0 Å². The molecule has 0 aliphatic carbocycles. The topological polar surface area (TPSA) is 70.1 Å². The second-order valence-corrected chi connectivity index (χ2v) is 4.67. The van der Waals surface area contributed by atoms with Gasteiger partial charge in [-0.3, -0.25) is 4.79 Å². The summed E-state index contributed by atoms with van der Waals surface area (Å²) in [5.74, 6) is -0.908. The first-order chi connectivity index (χ1) is 8.47. The maximum absolute atomic E-state index is 12.3. The third-order valence-electron chi connectivity index (χ3n) is 3.44. The fourth-order valence-electron chi connectivity index (χ4n) is 1.94. The zero-order valence-electron chi connectivity index (χ0n) is 11.3. The van der Waals surface area contributed by atoms with Crippen molar-refractivity contribution in [3.8, 4) is 0 Å². The zero-order valence-corrected chi connectivity index (χ0v) is 11.3. The van der Waals surface area contributed by atoms with Crippen LogP contribution in [0.15, 0.2) is 0 Å². The van der Waals surface area contributed by atoms with Crippen LogP contribution in [0.5, 0.6) is 0 Å². The summed E-state index contributed by atoms with van der Waals surface area (Å²) in [7, 11) is 1.75. The highest BCUT2D eigenvalue weighted by molar-refractivity contribution is 5.76. The average molecular weight is 258 g/mol. The molecular formula is C12H22N2O4. The number of aliphatic carboxylic acids is 1. The van der Waals surface area contributed by atoms with Gasteiger partial charge in [-0.1, -0.05) is 6.92 Å². The molecule has 104 valence electrons. The minimum absolute atomic E-state index is 0.0694. The van der Waals surface area contributed by atoms with Gasteiger partial charge in [-0.05, 0) is 13.3 Å². The number of carbonyl (C=O) groups is 2. The number of hydrogen-bond acceptors (Lipinski definition) is 3. The van der Waals surface area contributed by atoms with Crippen LogP contribution in [0.2, 0.25) is 0 Å². The van der Waals surface area contributed by atoms with Crippen molar-refractivity contribution < 1.29 is 19.4 Å². The van der Waals surface area contributed by atoms with Crippen LogP contribution in [0.4, 0.5) is 4.79 Å². The molecule has 1 fully saturated rings. The highest BCUT2D eigenvalue weighted by Gasteiger charge is 2.31. The number of ether oxygens (including phenoxy) is 1. The SMILES string of the molecule is CCC(C)N(C)C(=O)N1CCOCC1CC(=O)O. The van der Waals surface area contributed by atoms with E-state index in [-0.39, 0.29) is 24.5 Å². The van der Waals surface area contributed by atoms with E-state index in [0.717, 1.165) is 6.42 Å². The van der Waals surface area contributed by atoms with Gasteiger partial charge in [0.05, 0.1) is 25.7 Å². The predicted molar refractivity (Wildman–Crippen MR) is 66.5 cm³/mol. The molecule has 2 amide bonds. The number of nitrogens with zero attached hydrogens (tertiary/aromatic N) is 2. The van der Waals surface area contributed by atoms with Gasteiger partial charge in [-0.2, -0.15) is 0 Å². The molecule has 1 saturated heterocycles. The molecule has 0 saturated carbocycles. The minimum atomic E-state index is -0.908. The summed E-state index contributed by atoms with van der Waals surface area (Å²) in [5.41, 5.74) is 0. The Morgan fingerprint density at radius 1 is 1.56 bits per heavy atom. The molecule has 0 bridgehead atoms. The average Bonchev–Trinajstić information content (AvgIpc) is 2.36. The molecule has 1 aliphatic rings. The van der Waals surface area contributed by atoms with E-state index in [4.69, 9.17) is 9.84 Å². The van der Waals surface area contributed by atoms with Gasteiger partial charge in [-0.25, -0.2) is 4.79 Å². The second-order valence-electron chi connectivity index (χ2n) is 4.67. The van der Waals surface area contributed by atoms with E-state index in [1.165, 1.54) is 0 Å². The molecule has 1 rings (SSSR count). The van der Waals surface area contributed by atoms with Crippen molar-refractivity contribution in [2.75, 3.05) is 26.8 Å². The summed E-state index contributed by atoms with van der Waals surface area (Å²) < 4.78 is 5.25. The van der Waals surface area contributed by atoms with Crippen molar-refractivity contribution in [1.82, 2.24) is 9.80 Å². The molecule has 0 aromatic carbocycles. The number of amides is 2. The van der Waals surface area contributed by atoms with Crippen LogP contribution in [-0.4, -0.2) is 65.8 Å². The fraction of sp³-hybridized carbons (Fsp3) is 0.833. The first kappa shape index (κ1) is 14.8. The Labute approximate surface area is 107 Å². The largest absolute Gasteiger partial charge is 0.481 e. The number of rotatable bonds is 4. The molecule has 0 aromatic heterocycles. The van der Waals surface area contributed by atoms with E-state index in [1.807, 2.05) is 13.8 Å². The first-order valence-corrected chi connectivity index (χ1v) is 6.30. The van der Waals surface area contributed by atoms with Crippen LogP contribution in [-0.2, 0) is 9.53 Å². The number of urea groups is 1. The van der Waals surface area contributed by atoms with E-state index in [9.17, 15) is 9.59 Å². The maximum atomic E-state index is 12.3. The summed E-state index contributed by atoms with van der Waals surface area (Å²) in [6, 6.07) is -0.333. The third kappa shape index (κ3) is 3.60. The molecule has 6 nitrogen and oxygen atoms in total. The fourth-order valence-corrected chi connectivity index (χ4v) is 1.94. The van der Waals surface area contributed by atoms with Gasteiger partial charge >= 0.3 is 12.0 Å². The van der Waals surface area contributed by atoms with Crippen molar-refractivity contribution in [1.29, 1.82) is 0 Å².